The molecule has 1 aromatic heterocycles. The van der Waals surface area contributed by atoms with Crippen molar-refractivity contribution < 1.29 is 14.0 Å². The summed E-state index contributed by atoms with van der Waals surface area (Å²) in [6, 6.07) is 13.3. The largest absolute Gasteiger partial charge is 0.459 e. The van der Waals surface area contributed by atoms with Crippen molar-refractivity contribution in [2.75, 3.05) is 32.7 Å². The number of benzene rings is 1. The monoisotopic (exact) mass is 341 g/mol. The van der Waals surface area contributed by atoms with E-state index >= 15 is 0 Å². The third-order valence-corrected chi connectivity index (χ3v) is 4.38. The Morgan fingerprint density at radius 3 is 2.44 bits per heavy atom. The van der Waals surface area contributed by atoms with Gasteiger partial charge >= 0.3 is 0 Å². The molecule has 0 spiro atoms. The highest BCUT2D eigenvalue weighted by molar-refractivity contribution is 5.91. The van der Waals surface area contributed by atoms with E-state index in [1.54, 1.807) is 17.0 Å². The molecule has 0 saturated carbocycles. The summed E-state index contributed by atoms with van der Waals surface area (Å²) < 4.78 is 5.16. The normalized spacial score (nSPS) is 15.1. The number of carbonyl (C=O) groups is 2. The fourth-order valence-electron chi connectivity index (χ4n) is 2.88. The average molecular weight is 341 g/mol. The predicted octanol–water partition coefficient (Wildman–Crippen LogP) is 1.74. The van der Waals surface area contributed by atoms with Crippen LogP contribution in [-0.4, -0.2) is 54.3 Å². The standard InChI is InChI=1S/C19H23N3O3/c23-18(20-15-16-5-2-1-3-6-16)8-9-21-10-12-22(13-11-21)19(24)17-7-4-14-25-17/h1-7,14H,8-13,15H2,(H,20,23). The maximum absolute atomic E-state index is 12.2. The first kappa shape index (κ1) is 17.2. The molecular formula is C19H23N3O3. The van der Waals surface area contributed by atoms with E-state index in [0.717, 1.165) is 18.7 Å². The van der Waals surface area contributed by atoms with Crippen LogP contribution in [-0.2, 0) is 11.3 Å². The second-order valence-electron chi connectivity index (χ2n) is 6.12. The molecule has 3 rings (SSSR count). The van der Waals surface area contributed by atoms with E-state index in [4.69, 9.17) is 4.42 Å². The SMILES string of the molecule is O=C(CCN1CCN(C(=O)c2ccco2)CC1)NCc1ccccc1. The zero-order valence-electron chi connectivity index (χ0n) is 14.2. The lowest BCUT2D eigenvalue weighted by Crippen LogP contribution is -2.49. The van der Waals surface area contributed by atoms with Crippen molar-refractivity contribution in [1.82, 2.24) is 15.1 Å². The molecule has 1 aliphatic rings. The van der Waals surface area contributed by atoms with Gasteiger partial charge in [-0.1, -0.05) is 30.3 Å². The highest BCUT2D eigenvalue weighted by Gasteiger charge is 2.23. The van der Waals surface area contributed by atoms with Crippen molar-refractivity contribution in [3.63, 3.8) is 0 Å². The third-order valence-electron chi connectivity index (χ3n) is 4.38. The van der Waals surface area contributed by atoms with Crippen molar-refractivity contribution in [1.29, 1.82) is 0 Å². The van der Waals surface area contributed by atoms with Crippen molar-refractivity contribution in [3.8, 4) is 0 Å². The van der Waals surface area contributed by atoms with E-state index in [9.17, 15) is 9.59 Å². The van der Waals surface area contributed by atoms with Gasteiger partial charge in [0.15, 0.2) is 5.76 Å². The maximum Gasteiger partial charge on any atom is 0.289 e. The minimum Gasteiger partial charge on any atom is -0.459 e. The molecule has 1 aliphatic heterocycles. The highest BCUT2D eigenvalue weighted by Crippen LogP contribution is 2.09. The molecule has 0 atom stereocenters. The smallest absolute Gasteiger partial charge is 0.289 e. The lowest BCUT2D eigenvalue weighted by Gasteiger charge is -2.34. The van der Waals surface area contributed by atoms with Crippen LogP contribution >= 0.6 is 0 Å². The second-order valence-corrected chi connectivity index (χ2v) is 6.12. The number of nitrogens with one attached hydrogen (secondary N) is 1. The van der Waals surface area contributed by atoms with Gasteiger partial charge < -0.3 is 14.6 Å². The van der Waals surface area contributed by atoms with E-state index < -0.39 is 0 Å². The van der Waals surface area contributed by atoms with Crippen molar-refractivity contribution in [2.24, 2.45) is 0 Å². The molecule has 1 fully saturated rings. The summed E-state index contributed by atoms with van der Waals surface area (Å²) in [5, 5.41) is 2.94. The van der Waals surface area contributed by atoms with Crippen LogP contribution in [0.5, 0.6) is 0 Å². The molecule has 0 unspecified atom stereocenters. The Morgan fingerprint density at radius 1 is 1.00 bits per heavy atom. The predicted molar refractivity (Wildman–Crippen MR) is 94.0 cm³/mol. The fourth-order valence-corrected chi connectivity index (χ4v) is 2.88. The molecule has 6 heteroatoms. The topological polar surface area (TPSA) is 65.8 Å². The molecule has 1 aromatic carbocycles. The molecule has 1 saturated heterocycles. The molecule has 2 amide bonds. The van der Waals surface area contributed by atoms with Gasteiger partial charge in [0.1, 0.15) is 0 Å². The van der Waals surface area contributed by atoms with Gasteiger partial charge in [-0.2, -0.15) is 0 Å². The van der Waals surface area contributed by atoms with Crippen molar-refractivity contribution in [3.05, 3.63) is 60.1 Å². The van der Waals surface area contributed by atoms with Crippen LogP contribution in [0.15, 0.2) is 53.1 Å². The van der Waals surface area contributed by atoms with E-state index in [-0.39, 0.29) is 11.8 Å². The summed E-state index contributed by atoms with van der Waals surface area (Å²) in [5.74, 6) is 0.372. The molecule has 0 radical (unpaired) electrons. The Balaban J connectivity index is 1.35. The van der Waals surface area contributed by atoms with E-state index in [1.807, 2.05) is 30.3 Å². The van der Waals surface area contributed by atoms with Crippen LogP contribution < -0.4 is 5.32 Å². The summed E-state index contributed by atoms with van der Waals surface area (Å²) in [5.41, 5.74) is 1.10. The van der Waals surface area contributed by atoms with Gasteiger partial charge in [0, 0.05) is 45.7 Å². The summed E-state index contributed by atoms with van der Waals surface area (Å²) in [7, 11) is 0. The molecule has 2 heterocycles. The molecule has 2 aromatic rings. The Bertz CT molecular complexity index is 677. The molecular weight excluding hydrogens is 318 g/mol. The Morgan fingerprint density at radius 2 is 1.76 bits per heavy atom. The quantitative estimate of drug-likeness (QED) is 0.869. The zero-order valence-corrected chi connectivity index (χ0v) is 14.2. The molecule has 6 nitrogen and oxygen atoms in total. The highest BCUT2D eigenvalue weighted by atomic mass is 16.3. The van der Waals surface area contributed by atoms with Crippen LogP contribution in [0.1, 0.15) is 22.5 Å². The number of rotatable bonds is 6. The molecule has 1 N–H and O–H groups in total. The lowest BCUT2D eigenvalue weighted by molar-refractivity contribution is -0.121. The number of nitrogens with zero attached hydrogens (tertiary/aromatic N) is 2. The number of hydrogen-bond acceptors (Lipinski definition) is 4. The number of piperazine rings is 1. The number of furan rings is 1. The Hall–Kier alpha value is -2.60. The number of carbonyl (C=O) groups excluding carboxylic acids is 2. The van der Waals surface area contributed by atoms with Crippen LogP contribution in [0.2, 0.25) is 0 Å². The van der Waals surface area contributed by atoms with Crippen molar-refractivity contribution >= 4 is 11.8 Å². The maximum atomic E-state index is 12.2. The van der Waals surface area contributed by atoms with E-state index in [1.165, 1.54) is 6.26 Å². The van der Waals surface area contributed by atoms with Crippen LogP contribution in [0, 0.1) is 0 Å². The second kappa shape index (κ2) is 8.48. The van der Waals surface area contributed by atoms with Crippen molar-refractivity contribution in [2.45, 2.75) is 13.0 Å². The summed E-state index contributed by atoms with van der Waals surface area (Å²) in [6.07, 6.45) is 1.98. The summed E-state index contributed by atoms with van der Waals surface area (Å²) in [4.78, 5) is 28.2. The van der Waals surface area contributed by atoms with Gasteiger partial charge in [0.05, 0.1) is 6.26 Å². The summed E-state index contributed by atoms with van der Waals surface area (Å²) in [6.45, 7) is 4.14. The minimum absolute atomic E-state index is 0.0537. The van der Waals surface area contributed by atoms with E-state index in [0.29, 0.717) is 38.4 Å². The average Bonchev–Trinajstić information content (AvgIpc) is 3.20. The van der Waals surface area contributed by atoms with E-state index in [2.05, 4.69) is 10.2 Å². The number of hydrogen-bond donors (Lipinski definition) is 1. The molecule has 25 heavy (non-hydrogen) atoms. The lowest BCUT2D eigenvalue weighted by atomic mass is 10.2. The molecule has 132 valence electrons. The number of amides is 2. The van der Waals surface area contributed by atoms with Gasteiger partial charge in [-0.15, -0.1) is 0 Å². The van der Waals surface area contributed by atoms with Gasteiger partial charge in [-0.05, 0) is 17.7 Å². The minimum atomic E-state index is -0.0646. The molecule has 0 aliphatic carbocycles. The molecule has 0 bridgehead atoms. The van der Waals surface area contributed by atoms with Gasteiger partial charge in [0.2, 0.25) is 5.91 Å². The summed E-state index contributed by atoms with van der Waals surface area (Å²) >= 11 is 0. The van der Waals surface area contributed by atoms with Crippen LogP contribution in [0.4, 0.5) is 0 Å². The Labute approximate surface area is 147 Å². The first-order chi connectivity index (χ1) is 12.2. The van der Waals surface area contributed by atoms with Crippen LogP contribution in [0.3, 0.4) is 0 Å². The fraction of sp³-hybridized carbons (Fsp3) is 0.368. The van der Waals surface area contributed by atoms with Gasteiger partial charge in [-0.25, -0.2) is 0 Å². The first-order valence-electron chi connectivity index (χ1n) is 8.58. The van der Waals surface area contributed by atoms with Crippen LogP contribution in [0.25, 0.3) is 0 Å². The Kier molecular flexibility index (Phi) is 5.85. The van der Waals surface area contributed by atoms with Gasteiger partial charge in [0.25, 0.3) is 5.91 Å². The van der Waals surface area contributed by atoms with Gasteiger partial charge in [-0.3, -0.25) is 14.5 Å². The third kappa shape index (κ3) is 4.93. The first-order valence-corrected chi connectivity index (χ1v) is 8.58. The zero-order chi connectivity index (χ0) is 17.5.